The van der Waals surface area contributed by atoms with E-state index >= 15 is 0 Å². The number of benzene rings is 3. The smallest absolute Gasteiger partial charge is 0.301 e. The molecule has 2 aliphatic heterocycles. The van der Waals surface area contributed by atoms with E-state index in [1.54, 1.807) is 42.5 Å². The summed E-state index contributed by atoms with van der Waals surface area (Å²) in [6.45, 7) is 5.96. The Kier molecular flexibility index (Phi) is 7.82. The average Bonchev–Trinajstić information content (AvgIpc) is 3.70. The number of hydrogen-bond acceptors (Lipinski definition) is 9. The van der Waals surface area contributed by atoms with Gasteiger partial charge in [-0.05, 0) is 53.9 Å². The molecule has 8 nitrogen and oxygen atoms in total. The van der Waals surface area contributed by atoms with E-state index in [4.69, 9.17) is 9.47 Å². The summed E-state index contributed by atoms with van der Waals surface area (Å²) in [5.41, 5.74) is 3.06. The summed E-state index contributed by atoms with van der Waals surface area (Å²) in [5, 5.41) is 20.4. The number of amides is 1. The molecule has 0 bridgehead atoms. The minimum atomic E-state index is -0.944. The first-order valence-corrected chi connectivity index (χ1v) is 15.2. The van der Waals surface area contributed by atoms with Gasteiger partial charge in [0, 0.05) is 17.7 Å². The van der Waals surface area contributed by atoms with Crippen LogP contribution in [0, 0.1) is 0 Å². The predicted octanol–water partition coefficient (Wildman–Crippen LogP) is 6.34. The van der Waals surface area contributed by atoms with Crippen LogP contribution in [0.15, 0.2) is 95.4 Å². The van der Waals surface area contributed by atoms with Crippen molar-refractivity contribution in [2.75, 3.05) is 11.5 Å². The number of rotatable bonds is 9. The number of hydrogen-bond donors (Lipinski definition) is 1. The van der Waals surface area contributed by atoms with E-state index in [0.29, 0.717) is 33.4 Å². The Balaban J connectivity index is 1.41. The van der Waals surface area contributed by atoms with Crippen molar-refractivity contribution in [1.82, 2.24) is 10.2 Å². The average molecular weight is 598 g/mol. The summed E-state index contributed by atoms with van der Waals surface area (Å²) >= 11 is 2.72. The fraction of sp³-hybridized carbons (Fsp3) is 0.188. The summed E-state index contributed by atoms with van der Waals surface area (Å²) in [6.07, 6.45) is 2.34. The number of fused-ring (bicyclic) bond motifs is 1. The van der Waals surface area contributed by atoms with Gasteiger partial charge in [0.15, 0.2) is 4.34 Å². The van der Waals surface area contributed by atoms with Crippen LogP contribution in [-0.2, 0) is 21.8 Å². The van der Waals surface area contributed by atoms with E-state index in [1.165, 1.54) is 28.0 Å². The summed E-state index contributed by atoms with van der Waals surface area (Å²) in [4.78, 5) is 28.6. The molecule has 1 saturated heterocycles. The standard InChI is InChI=1S/C32H27N3O5S2/c1-3-14-39-24-11-7-10-21(17-24)27-26(28(36)22-12-13-25-23(16-22)15-19(2)40-25)29(37)30(38)35(27)31-33-34-32(42-31)41-18-20-8-5-4-6-9-20/h3-13,16-17,19,27,36H,1,14-15,18H2,2H3/t19-,27+/m1/s1. The van der Waals surface area contributed by atoms with Crippen molar-refractivity contribution in [3.8, 4) is 11.5 Å². The lowest BCUT2D eigenvalue weighted by molar-refractivity contribution is -0.132. The summed E-state index contributed by atoms with van der Waals surface area (Å²) in [7, 11) is 0. The van der Waals surface area contributed by atoms with Gasteiger partial charge in [0.25, 0.3) is 5.78 Å². The molecule has 4 aromatic rings. The van der Waals surface area contributed by atoms with E-state index in [-0.39, 0.29) is 29.2 Å². The zero-order valence-electron chi connectivity index (χ0n) is 22.7. The van der Waals surface area contributed by atoms with E-state index in [1.807, 2.05) is 43.3 Å². The van der Waals surface area contributed by atoms with Crippen LogP contribution in [0.5, 0.6) is 11.5 Å². The normalized spacial score (nSPS) is 19.0. The van der Waals surface area contributed by atoms with Crippen molar-refractivity contribution in [2.24, 2.45) is 0 Å². The molecular formula is C32H27N3O5S2. The number of ketones is 1. The van der Waals surface area contributed by atoms with Crippen molar-refractivity contribution in [2.45, 2.75) is 35.6 Å². The number of anilines is 1. The van der Waals surface area contributed by atoms with Gasteiger partial charge in [0.1, 0.15) is 30.0 Å². The van der Waals surface area contributed by atoms with Crippen LogP contribution < -0.4 is 14.4 Å². The molecule has 2 atom stereocenters. The Morgan fingerprint density at radius 3 is 2.79 bits per heavy atom. The first-order valence-electron chi connectivity index (χ1n) is 13.4. The maximum atomic E-state index is 13.6. The largest absolute Gasteiger partial charge is 0.507 e. The Labute approximate surface area is 251 Å². The van der Waals surface area contributed by atoms with Gasteiger partial charge in [0.2, 0.25) is 5.13 Å². The number of aliphatic hydroxyl groups excluding tert-OH is 1. The van der Waals surface area contributed by atoms with Crippen LogP contribution in [-0.4, -0.2) is 39.7 Å². The quantitative estimate of drug-likeness (QED) is 0.0595. The predicted molar refractivity (Wildman–Crippen MR) is 163 cm³/mol. The highest BCUT2D eigenvalue weighted by Gasteiger charge is 2.48. The molecule has 1 fully saturated rings. The summed E-state index contributed by atoms with van der Waals surface area (Å²) < 4.78 is 12.2. The van der Waals surface area contributed by atoms with Gasteiger partial charge in [-0.25, -0.2) is 0 Å². The highest BCUT2D eigenvalue weighted by atomic mass is 32.2. The van der Waals surface area contributed by atoms with E-state index in [0.717, 1.165) is 16.9 Å². The summed E-state index contributed by atoms with van der Waals surface area (Å²) in [6, 6.07) is 21.4. The molecule has 6 rings (SSSR count). The molecule has 0 radical (unpaired) electrons. The molecule has 0 aliphatic carbocycles. The lowest BCUT2D eigenvalue weighted by Crippen LogP contribution is -2.29. The molecule has 0 spiro atoms. The minimum absolute atomic E-state index is 0.0210. The van der Waals surface area contributed by atoms with Crippen LogP contribution in [0.25, 0.3) is 5.76 Å². The molecule has 1 amide bonds. The Morgan fingerprint density at radius 1 is 1.14 bits per heavy atom. The van der Waals surface area contributed by atoms with E-state index in [9.17, 15) is 14.7 Å². The third-order valence-electron chi connectivity index (χ3n) is 6.96. The topological polar surface area (TPSA) is 102 Å². The molecule has 212 valence electrons. The van der Waals surface area contributed by atoms with Crippen molar-refractivity contribution >= 4 is 45.7 Å². The van der Waals surface area contributed by atoms with Crippen LogP contribution in [0.2, 0.25) is 0 Å². The third kappa shape index (κ3) is 5.43. The van der Waals surface area contributed by atoms with Gasteiger partial charge in [-0.3, -0.25) is 14.5 Å². The fourth-order valence-corrected chi connectivity index (χ4v) is 6.90. The molecule has 10 heteroatoms. The Morgan fingerprint density at radius 2 is 1.98 bits per heavy atom. The number of carbonyl (C=O) groups excluding carboxylic acids is 2. The number of aliphatic hydroxyl groups is 1. The molecule has 3 heterocycles. The molecule has 1 N–H and O–H groups in total. The van der Waals surface area contributed by atoms with Crippen molar-refractivity contribution < 1.29 is 24.2 Å². The maximum absolute atomic E-state index is 13.6. The molecule has 42 heavy (non-hydrogen) atoms. The molecule has 2 aliphatic rings. The van der Waals surface area contributed by atoms with Gasteiger partial charge >= 0.3 is 5.91 Å². The van der Waals surface area contributed by atoms with Crippen LogP contribution in [0.4, 0.5) is 5.13 Å². The van der Waals surface area contributed by atoms with E-state index < -0.39 is 17.7 Å². The van der Waals surface area contributed by atoms with Gasteiger partial charge < -0.3 is 14.6 Å². The molecule has 0 unspecified atom stereocenters. The van der Waals surface area contributed by atoms with E-state index in [2.05, 4.69) is 16.8 Å². The SMILES string of the molecule is C=CCOc1cccc([C@H]2C(=C(O)c3ccc4c(c3)C[C@@H](C)O4)C(=O)C(=O)N2c2nnc(SCc3ccccc3)s2)c1. The second kappa shape index (κ2) is 11.8. The number of nitrogens with zero attached hydrogens (tertiary/aromatic N) is 3. The van der Waals surface area contributed by atoms with Crippen LogP contribution in [0.3, 0.4) is 0 Å². The number of carbonyl (C=O) groups is 2. The molecule has 3 aromatic carbocycles. The van der Waals surface area contributed by atoms with Gasteiger partial charge in [-0.1, -0.05) is 78.2 Å². The molecule has 0 saturated carbocycles. The Hall–Kier alpha value is -4.41. The van der Waals surface area contributed by atoms with Gasteiger partial charge in [-0.15, -0.1) is 10.2 Å². The molecule has 1 aromatic heterocycles. The zero-order chi connectivity index (χ0) is 29.2. The molecular weight excluding hydrogens is 571 g/mol. The van der Waals surface area contributed by atoms with Gasteiger partial charge in [-0.2, -0.15) is 0 Å². The lowest BCUT2D eigenvalue weighted by Gasteiger charge is -2.23. The monoisotopic (exact) mass is 597 g/mol. The Bertz CT molecular complexity index is 1700. The third-order valence-corrected chi connectivity index (χ3v) is 9.09. The number of aromatic nitrogens is 2. The first-order chi connectivity index (χ1) is 20.4. The highest BCUT2D eigenvalue weighted by Crippen LogP contribution is 2.45. The van der Waals surface area contributed by atoms with Crippen molar-refractivity contribution in [3.63, 3.8) is 0 Å². The number of Topliss-reactive ketones (excluding diaryl/α,β-unsaturated/α-hetero) is 1. The highest BCUT2D eigenvalue weighted by molar-refractivity contribution is 8.00. The second-order valence-corrected chi connectivity index (χ2v) is 12.1. The second-order valence-electron chi connectivity index (χ2n) is 9.92. The number of ether oxygens (including phenoxy) is 2. The fourth-order valence-electron chi connectivity index (χ4n) is 5.08. The van der Waals surface area contributed by atoms with Crippen molar-refractivity contribution in [3.05, 3.63) is 113 Å². The minimum Gasteiger partial charge on any atom is -0.507 e. The zero-order valence-corrected chi connectivity index (χ0v) is 24.4. The van der Waals surface area contributed by atoms with Gasteiger partial charge in [0.05, 0.1) is 11.6 Å². The van der Waals surface area contributed by atoms with Crippen LogP contribution >= 0.6 is 23.1 Å². The van der Waals surface area contributed by atoms with Crippen molar-refractivity contribution in [1.29, 1.82) is 0 Å². The summed E-state index contributed by atoms with van der Waals surface area (Å²) in [5.74, 6) is 0.127. The number of thioether (sulfide) groups is 1. The lowest BCUT2D eigenvalue weighted by atomic mass is 9.94. The maximum Gasteiger partial charge on any atom is 0.301 e. The van der Waals surface area contributed by atoms with Crippen LogP contribution in [0.1, 0.15) is 35.2 Å². The first kappa shape index (κ1) is 27.7.